The van der Waals surface area contributed by atoms with Crippen molar-refractivity contribution in [3.63, 3.8) is 0 Å². The SMILES string of the molecule is CN(C)CCN(Cc1ccc(C(=O)Nc2ccccc2N)cc1)C(=O)Nc1ccccc1. The number of nitrogens with zero attached hydrogens (tertiary/aromatic N) is 2. The van der Waals surface area contributed by atoms with Crippen LogP contribution in [-0.2, 0) is 6.54 Å². The van der Waals surface area contributed by atoms with Crippen LogP contribution in [0.5, 0.6) is 0 Å². The second-order valence-corrected chi connectivity index (χ2v) is 7.76. The summed E-state index contributed by atoms with van der Waals surface area (Å²) in [6.45, 7) is 1.74. The highest BCUT2D eigenvalue weighted by atomic mass is 16.2. The van der Waals surface area contributed by atoms with Crippen molar-refractivity contribution in [1.82, 2.24) is 9.80 Å². The highest BCUT2D eigenvalue weighted by Crippen LogP contribution is 2.18. The largest absolute Gasteiger partial charge is 0.397 e. The number of carbonyl (C=O) groups is 2. The lowest BCUT2D eigenvalue weighted by atomic mass is 10.1. The number of nitrogens with one attached hydrogen (secondary N) is 2. The van der Waals surface area contributed by atoms with E-state index in [0.717, 1.165) is 17.8 Å². The van der Waals surface area contributed by atoms with Crippen LogP contribution in [-0.4, -0.2) is 48.9 Å². The minimum atomic E-state index is -0.235. The van der Waals surface area contributed by atoms with Gasteiger partial charge in [-0.3, -0.25) is 4.79 Å². The summed E-state index contributed by atoms with van der Waals surface area (Å²) in [7, 11) is 3.94. The molecule has 0 saturated heterocycles. The van der Waals surface area contributed by atoms with E-state index >= 15 is 0 Å². The van der Waals surface area contributed by atoms with E-state index in [0.29, 0.717) is 30.0 Å². The van der Waals surface area contributed by atoms with Gasteiger partial charge in [-0.1, -0.05) is 42.5 Å². The third kappa shape index (κ3) is 6.58. The standard InChI is InChI=1S/C25H29N5O2/c1-29(2)16-17-30(25(32)27-21-8-4-3-5-9-21)18-19-12-14-20(15-13-19)24(31)28-23-11-7-6-10-22(23)26/h3-15H,16-18,26H2,1-2H3,(H,27,32)(H,28,31). The number of carbonyl (C=O) groups excluding carboxylic acids is 2. The summed E-state index contributed by atoms with van der Waals surface area (Å²) in [4.78, 5) is 29.2. The average Bonchev–Trinajstić information content (AvgIpc) is 2.79. The van der Waals surface area contributed by atoms with Gasteiger partial charge in [0, 0.05) is 30.9 Å². The highest BCUT2D eigenvalue weighted by molar-refractivity contribution is 6.05. The van der Waals surface area contributed by atoms with E-state index in [9.17, 15) is 9.59 Å². The van der Waals surface area contributed by atoms with Crippen LogP contribution in [0.1, 0.15) is 15.9 Å². The summed E-state index contributed by atoms with van der Waals surface area (Å²) in [6.07, 6.45) is 0. The van der Waals surface area contributed by atoms with Gasteiger partial charge in [0.1, 0.15) is 0 Å². The fourth-order valence-corrected chi connectivity index (χ4v) is 3.08. The average molecular weight is 432 g/mol. The van der Waals surface area contributed by atoms with Crippen molar-refractivity contribution in [3.8, 4) is 0 Å². The number of hydrogen-bond donors (Lipinski definition) is 3. The second-order valence-electron chi connectivity index (χ2n) is 7.76. The number of anilines is 3. The molecule has 0 atom stereocenters. The number of benzene rings is 3. The molecule has 3 aromatic rings. The summed E-state index contributed by atoms with van der Waals surface area (Å²) >= 11 is 0. The Kier molecular flexibility index (Phi) is 7.83. The topological polar surface area (TPSA) is 90.7 Å². The molecule has 7 nitrogen and oxygen atoms in total. The molecule has 0 aliphatic heterocycles. The van der Waals surface area contributed by atoms with E-state index in [2.05, 4.69) is 10.6 Å². The molecule has 0 unspecified atom stereocenters. The van der Waals surface area contributed by atoms with Crippen molar-refractivity contribution >= 4 is 29.0 Å². The number of para-hydroxylation sites is 3. The first kappa shape index (κ1) is 22.8. The molecule has 0 fully saturated rings. The molecule has 166 valence electrons. The van der Waals surface area contributed by atoms with Crippen LogP contribution >= 0.6 is 0 Å². The molecule has 0 aliphatic carbocycles. The maximum atomic E-state index is 12.9. The van der Waals surface area contributed by atoms with Gasteiger partial charge in [0.15, 0.2) is 0 Å². The maximum absolute atomic E-state index is 12.9. The number of amides is 3. The van der Waals surface area contributed by atoms with Crippen LogP contribution in [0, 0.1) is 0 Å². The minimum absolute atomic E-state index is 0.167. The van der Waals surface area contributed by atoms with Crippen molar-refractivity contribution in [1.29, 1.82) is 0 Å². The molecule has 0 saturated carbocycles. The fourth-order valence-electron chi connectivity index (χ4n) is 3.08. The molecule has 0 radical (unpaired) electrons. The van der Waals surface area contributed by atoms with Gasteiger partial charge in [0.2, 0.25) is 0 Å². The Morgan fingerprint density at radius 2 is 1.47 bits per heavy atom. The van der Waals surface area contributed by atoms with Gasteiger partial charge in [-0.05, 0) is 56.1 Å². The Balaban J connectivity index is 1.67. The molecule has 0 heterocycles. The van der Waals surface area contributed by atoms with E-state index < -0.39 is 0 Å². The van der Waals surface area contributed by atoms with Gasteiger partial charge in [-0.25, -0.2) is 4.79 Å². The Hall–Kier alpha value is -3.84. The monoisotopic (exact) mass is 431 g/mol. The van der Waals surface area contributed by atoms with Crippen LogP contribution in [0.2, 0.25) is 0 Å². The Labute approximate surface area is 188 Å². The second kappa shape index (κ2) is 11.0. The lowest BCUT2D eigenvalue weighted by Gasteiger charge is -2.25. The summed E-state index contributed by atoms with van der Waals surface area (Å²) in [5.41, 5.74) is 9.19. The predicted octanol–water partition coefficient (Wildman–Crippen LogP) is 4.12. The number of urea groups is 1. The third-order valence-electron chi connectivity index (χ3n) is 4.93. The third-order valence-corrected chi connectivity index (χ3v) is 4.93. The van der Waals surface area contributed by atoms with Crippen molar-refractivity contribution in [3.05, 3.63) is 90.0 Å². The van der Waals surface area contributed by atoms with Crippen molar-refractivity contribution in [2.45, 2.75) is 6.54 Å². The van der Waals surface area contributed by atoms with E-state index in [-0.39, 0.29) is 11.9 Å². The molecule has 0 spiro atoms. The van der Waals surface area contributed by atoms with Crippen LogP contribution < -0.4 is 16.4 Å². The van der Waals surface area contributed by atoms with Gasteiger partial charge < -0.3 is 26.2 Å². The van der Waals surface area contributed by atoms with Crippen LogP contribution in [0.15, 0.2) is 78.9 Å². The van der Waals surface area contributed by atoms with Crippen LogP contribution in [0.25, 0.3) is 0 Å². The number of likely N-dealkylation sites (N-methyl/N-ethyl adjacent to an activating group) is 1. The number of rotatable bonds is 8. The molecule has 3 amide bonds. The summed E-state index contributed by atoms with van der Waals surface area (Å²) in [6, 6.07) is 23.6. The Morgan fingerprint density at radius 1 is 0.812 bits per heavy atom. The van der Waals surface area contributed by atoms with Gasteiger partial charge in [-0.2, -0.15) is 0 Å². The molecular weight excluding hydrogens is 402 g/mol. The van der Waals surface area contributed by atoms with Gasteiger partial charge in [-0.15, -0.1) is 0 Å². The highest BCUT2D eigenvalue weighted by Gasteiger charge is 2.15. The van der Waals surface area contributed by atoms with Gasteiger partial charge in [0.05, 0.1) is 11.4 Å². The number of hydrogen-bond acceptors (Lipinski definition) is 4. The Bertz CT molecular complexity index is 1040. The Morgan fingerprint density at radius 3 is 2.12 bits per heavy atom. The molecule has 0 aromatic heterocycles. The quantitative estimate of drug-likeness (QED) is 0.468. The van der Waals surface area contributed by atoms with E-state index in [1.165, 1.54) is 0 Å². The zero-order valence-electron chi connectivity index (χ0n) is 18.4. The van der Waals surface area contributed by atoms with Crippen molar-refractivity contribution < 1.29 is 9.59 Å². The smallest absolute Gasteiger partial charge is 0.322 e. The minimum Gasteiger partial charge on any atom is -0.397 e. The van der Waals surface area contributed by atoms with Crippen LogP contribution in [0.4, 0.5) is 21.9 Å². The molecule has 7 heteroatoms. The molecule has 3 aromatic carbocycles. The van der Waals surface area contributed by atoms with Crippen LogP contribution in [0.3, 0.4) is 0 Å². The zero-order chi connectivity index (χ0) is 22.9. The van der Waals surface area contributed by atoms with Crippen molar-refractivity contribution in [2.75, 3.05) is 43.6 Å². The van der Waals surface area contributed by atoms with Crippen molar-refractivity contribution in [2.24, 2.45) is 0 Å². The molecule has 4 N–H and O–H groups in total. The maximum Gasteiger partial charge on any atom is 0.322 e. The lowest BCUT2D eigenvalue weighted by molar-refractivity contribution is 0.102. The number of nitrogen functional groups attached to an aromatic ring is 1. The fraction of sp³-hybridized carbons (Fsp3) is 0.200. The molecule has 32 heavy (non-hydrogen) atoms. The molecule has 3 rings (SSSR count). The zero-order valence-corrected chi connectivity index (χ0v) is 18.4. The predicted molar refractivity (Wildman–Crippen MR) is 130 cm³/mol. The summed E-state index contributed by atoms with van der Waals surface area (Å²) in [5, 5.41) is 5.76. The van der Waals surface area contributed by atoms with E-state index in [1.807, 2.05) is 73.6 Å². The normalized spacial score (nSPS) is 10.6. The lowest BCUT2D eigenvalue weighted by Crippen LogP contribution is -2.39. The van der Waals surface area contributed by atoms with E-state index in [1.54, 1.807) is 29.2 Å². The van der Waals surface area contributed by atoms with Gasteiger partial charge in [0.25, 0.3) is 5.91 Å². The first-order chi connectivity index (χ1) is 15.4. The van der Waals surface area contributed by atoms with Gasteiger partial charge >= 0.3 is 6.03 Å². The van der Waals surface area contributed by atoms with E-state index in [4.69, 9.17) is 5.73 Å². The summed E-state index contributed by atoms with van der Waals surface area (Å²) < 4.78 is 0. The molecule has 0 aliphatic rings. The summed E-state index contributed by atoms with van der Waals surface area (Å²) in [5.74, 6) is -0.235. The first-order valence-electron chi connectivity index (χ1n) is 10.4. The first-order valence-corrected chi connectivity index (χ1v) is 10.4. The molecule has 0 bridgehead atoms. The molecular formula is C25H29N5O2. The number of nitrogens with two attached hydrogens (primary N) is 1.